The van der Waals surface area contributed by atoms with Crippen LogP contribution in [0.2, 0.25) is 0 Å². The van der Waals surface area contributed by atoms with Crippen molar-refractivity contribution in [2.45, 2.75) is 97.2 Å². The van der Waals surface area contributed by atoms with Gasteiger partial charge in [0.05, 0.1) is 12.2 Å². The Kier molecular flexibility index (Phi) is 14.7. The van der Waals surface area contributed by atoms with E-state index in [-0.39, 0.29) is 12.2 Å². The lowest BCUT2D eigenvalue weighted by molar-refractivity contribution is 0.0600. The molecule has 0 radical (unpaired) electrons. The summed E-state index contributed by atoms with van der Waals surface area (Å²) in [4.78, 5) is 2.27. The summed E-state index contributed by atoms with van der Waals surface area (Å²) in [6.45, 7) is 8.98. The third-order valence-electron chi connectivity index (χ3n) is 4.05. The molecule has 3 nitrogen and oxygen atoms in total. The predicted octanol–water partition coefficient (Wildman–Crippen LogP) is 3.97. The van der Waals surface area contributed by atoms with Crippen molar-refractivity contribution in [2.75, 3.05) is 19.6 Å². The van der Waals surface area contributed by atoms with Gasteiger partial charge < -0.3 is 10.2 Å². The molecule has 0 aliphatic carbocycles. The molecule has 0 rings (SSSR count). The molecule has 0 aliphatic rings. The zero-order valence-electron chi connectivity index (χ0n) is 14.7. The van der Waals surface area contributed by atoms with Crippen LogP contribution in [0.5, 0.6) is 0 Å². The molecule has 0 aromatic carbocycles. The SMILES string of the molecule is CCCCCCN(CC(O)CCCC)CC(O)CCCC. The molecule has 0 amide bonds. The van der Waals surface area contributed by atoms with Crippen LogP contribution < -0.4 is 0 Å². The summed E-state index contributed by atoms with van der Waals surface area (Å²) in [5.74, 6) is 0. The second kappa shape index (κ2) is 14.8. The summed E-state index contributed by atoms with van der Waals surface area (Å²) in [6.07, 6.45) is 10.7. The summed E-state index contributed by atoms with van der Waals surface area (Å²) in [6, 6.07) is 0. The van der Waals surface area contributed by atoms with Crippen LogP contribution in [0.4, 0.5) is 0 Å². The molecule has 2 unspecified atom stereocenters. The van der Waals surface area contributed by atoms with Crippen LogP contribution in [0, 0.1) is 0 Å². The monoisotopic (exact) mass is 301 g/mol. The van der Waals surface area contributed by atoms with E-state index in [1.807, 2.05) is 0 Å². The fourth-order valence-corrected chi connectivity index (χ4v) is 2.68. The number of aliphatic hydroxyl groups excluding tert-OH is 2. The minimum absolute atomic E-state index is 0.241. The van der Waals surface area contributed by atoms with Gasteiger partial charge in [-0.3, -0.25) is 4.90 Å². The highest BCUT2D eigenvalue weighted by Gasteiger charge is 2.15. The van der Waals surface area contributed by atoms with Gasteiger partial charge in [0.15, 0.2) is 0 Å². The molecule has 3 heteroatoms. The molecule has 0 saturated carbocycles. The molecule has 0 aromatic heterocycles. The van der Waals surface area contributed by atoms with Gasteiger partial charge >= 0.3 is 0 Å². The molecule has 2 N–H and O–H groups in total. The number of rotatable bonds is 15. The van der Waals surface area contributed by atoms with Gasteiger partial charge in [0, 0.05) is 13.1 Å². The quantitative estimate of drug-likeness (QED) is 0.450. The van der Waals surface area contributed by atoms with E-state index in [0.717, 1.165) is 58.2 Å². The second-order valence-electron chi connectivity index (χ2n) is 6.41. The van der Waals surface area contributed by atoms with Gasteiger partial charge in [-0.25, -0.2) is 0 Å². The summed E-state index contributed by atoms with van der Waals surface area (Å²) in [7, 11) is 0. The van der Waals surface area contributed by atoms with E-state index >= 15 is 0 Å². The molecule has 0 aliphatic heterocycles. The Balaban J connectivity index is 4.12. The molecule has 21 heavy (non-hydrogen) atoms. The fraction of sp³-hybridized carbons (Fsp3) is 1.00. The molecule has 128 valence electrons. The molecular weight excluding hydrogens is 262 g/mol. The van der Waals surface area contributed by atoms with Gasteiger partial charge in [-0.1, -0.05) is 65.7 Å². The number of aliphatic hydroxyl groups is 2. The molecule has 0 bridgehead atoms. The number of unbranched alkanes of at least 4 members (excludes halogenated alkanes) is 5. The maximum atomic E-state index is 10.1. The maximum absolute atomic E-state index is 10.1. The van der Waals surface area contributed by atoms with Crippen molar-refractivity contribution in [2.24, 2.45) is 0 Å². The van der Waals surface area contributed by atoms with Gasteiger partial charge in [0.2, 0.25) is 0 Å². The maximum Gasteiger partial charge on any atom is 0.0667 e. The van der Waals surface area contributed by atoms with Crippen LogP contribution in [0.3, 0.4) is 0 Å². The van der Waals surface area contributed by atoms with E-state index in [9.17, 15) is 10.2 Å². The highest BCUT2D eigenvalue weighted by Crippen LogP contribution is 2.09. The van der Waals surface area contributed by atoms with Crippen molar-refractivity contribution in [3.05, 3.63) is 0 Å². The van der Waals surface area contributed by atoms with Gasteiger partial charge in [0.25, 0.3) is 0 Å². The Hall–Kier alpha value is -0.120. The van der Waals surface area contributed by atoms with Gasteiger partial charge in [-0.15, -0.1) is 0 Å². The van der Waals surface area contributed by atoms with Crippen molar-refractivity contribution in [1.29, 1.82) is 0 Å². The molecule has 0 aromatic rings. The summed E-state index contributed by atoms with van der Waals surface area (Å²) in [5.41, 5.74) is 0. The Morgan fingerprint density at radius 1 is 0.667 bits per heavy atom. The van der Waals surface area contributed by atoms with E-state index in [4.69, 9.17) is 0 Å². The largest absolute Gasteiger partial charge is 0.392 e. The molecule has 0 saturated heterocycles. The summed E-state index contributed by atoms with van der Waals surface area (Å²) in [5, 5.41) is 20.2. The van der Waals surface area contributed by atoms with E-state index < -0.39 is 0 Å². The van der Waals surface area contributed by atoms with Crippen LogP contribution in [0.15, 0.2) is 0 Å². The van der Waals surface area contributed by atoms with Crippen molar-refractivity contribution in [1.82, 2.24) is 4.90 Å². The van der Waals surface area contributed by atoms with E-state index in [2.05, 4.69) is 25.7 Å². The van der Waals surface area contributed by atoms with Crippen LogP contribution in [-0.4, -0.2) is 47.0 Å². The number of hydrogen-bond acceptors (Lipinski definition) is 3. The van der Waals surface area contributed by atoms with Crippen LogP contribution in [0.1, 0.15) is 85.0 Å². The first-order valence-corrected chi connectivity index (χ1v) is 9.22. The van der Waals surface area contributed by atoms with Crippen LogP contribution >= 0.6 is 0 Å². The lowest BCUT2D eigenvalue weighted by Gasteiger charge is -2.27. The highest BCUT2D eigenvalue weighted by atomic mass is 16.3. The predicted molar refractivity (Wildman–Crippen MR) is 91.6 cm³/mol. The Bertz CT molecular complexity index is 195. The first kappa shape index (κ1) is 20.9. The standard InChI is InChI=1S/C18H39NO2/c1-4-7-10-11-14-19(15-17(20)12-8-5-2)16-18(21)13-9-6-3/h17-18,20-21H,4-16H2,1-3H3. The summed E-state index contributed by atoms with van der Waals surface area (Å²) < 4.78 is 0. The second-order valence-corrected chi connectivity index (χ2v) is 6.41. The van der Waals surface area contributed by atoms with Crippen molar-refractivity contribution in [3.8, 4) is 0 Å². The zero-order chi connectivity index (χ0) is 15.9. The van der Waals surface area contributed by atoms with E-state index in [1.165, 1.54) is 25.7 Å². The van der Waals surface area contributed by atoms with Crippen LogP contribution in [-0.2, 0) is 0 Å². The number of hydrogen-bond donors (Lipinski definition) is 2. The molecule has 0 fully saturated rings. The normalized spacial score (nSPS) is 14.6. The third-order valence-corrected chi connectivity index (χ3v) is 4.05. The Labute approximate surface area is 132 Å². The first-order chi connectivity index (χ1) is 10.1. The van der Waals surface area contributed by atoms with Crippen LogP contribution in [0.25, 0.3) is 0 Å². The number of nitrogens with zero attached hydrogens (tertiary/aromatic N) is 1. The fourth-order valence-electron chi connectivity index (χ4n) is 2.68. The highest BCUT2D eigenvalue weighted by molar-refractivity contribution is 4.69. The zero-order valence-corrected chi connectivity index (χ0v) is 14.7. The first-order valence-electron chi connectivity index (χ1n) is 9.22. The van der Waals surface area contributed by atoms with E-state index in [0.29, 0.717) is 0 Å². The molecular formula is C18H39NO2. The molecule has 2 atom stereocenters. The minimum Gasteiger partial charge on any atom is -0.392 e. The topological polar surface area (TPSA) is 43.7 Å². The summed E-state index contributed by atoms with van der Waals surface area (Å²) >= 11 is 0. The third kappa shape index (κ3) is 13.3. The van der Waals surface area contributed by atoms with E-state index in [1.54, 1.807) is 0 Å². The van der Waals surface area contributed by atoms with Crippen molar-refractivity contribution in [3.63, 3.8) is 0 Å². The Morgan fingerprint density at radius 3 is 1.57 bits per heavy atom. The van der Waals surface area contributed by atoms with Gasteiger partial charge in [-0.05, 0) is 25.8 Å². The molecule has 0 heterocycles. The van der Waals surface area contributed by atoms with Crippen molar-refractivity contribution < 1.29 is 10.2 Å². The average Bonchev–Trinajstić information content (AvgIpc) is 2.47. The smallest absolute Gasteiger partial charge is 0.0667 e. The minimum atomic E-state index is -0.241. The average molecular weight is 302 g/mol. The van der Waals surface area contributed by atoms with Crippen molar-refractivity contribution >= 4 is 0 Å². The molecule has 0 spiro atoms. The Morgan fingerprint density at radius 2 is 1.14 bits per heavy atom. The lowest BCUT2D eigenvalue weighted by Crippen LogP contribution is -2.38. The lowest BCUT2D eigenvalue weighted by atomic mass is 10.1. The van der Waals surface area contributed by atoms with Gasteiger partial charge in [0.1, 0.15) is 0 Å². The van der Waals surface area contributed by atoms with Gasteiger partial charge in [-0.2, -0.15) is 0 Å².